The van der Waals surface area contributed by atoms with Crippen LogP contribution in [0.25, 0.3) is 11.1 Å². The first-order valence-corrected chi connectivity index (χ1v) is 4.89. The van der Waals surface area contributed by atoms with E-state index in [1.807, 2.05) is 30.3 Å². The highest BCUT2D eigenvalue weighted by molar-refractivity contribution is 5.85. The zero-order valence-corrected chi connectivity index (χ0v) is 11.1. The quantitative estimate of drug-likeness (QED) is 0.777. The average Bonchev–Trinajstić information content (AvgIpc) is 2.22. The van der Waals surface area contributed by atoms with Crippen LogP contribution in [0.1, 0.15) is 5.56 Å². The SMILES string of the molecule is Cc1cccc(-c2cc(N)ccc2N)c1.Cl.Cl. The zero-order chi connectivity index (χ0) is 10.8. The van der Waals surface area contributed by atoms with Crippen molar-refractivity contribution in [2.45, 2.75) is 6.92 Å². The molecule has 0 unspecified atom stereocenters. The molecule has 0 bridgehead atoms. The molecule has 2 rings (SSSR count). The molecule has 2 aromatic rings. The van der Waals surface area contributed by atoms with Crippen molar-refractivity contribution in [3.05, 3.63) is 48.0 Å². The van der Waals surface area contributed by atoms with Crippen molar-refractivity contribution in [1.82, 2.24) is 0 Å². The molecule has 0 saturated heterocycles. The summed E-state index contributed by atoms with van der Waals surface area (Å²) in [6, 6.07) is 13.8. The van der Waals surface area contributed by atoms with Crippen LogP contribution in [-0.2, 0) is 0 Å². The standard InChI is InChI=1S/C13H14N2.2ClH/c1-9-3-2-4-10(7-9)12-8-11(14)5-6-13(12)15;;/h2-8H,14-15H2,1H3;2*1H. The number of anilines is 2. The molecule has 0 fully saturated rings. The van der Waals surface area contributed by atoms with E-state index in [1.165, 1.54) is 5.56 Å². The second-order valence-corrected chi connectivity index (χ2v) is 3.72. The maximum absolute atomic E-state index is 5.92. The third-order valence-corrected chi connectivity index (χ3v) is 2.41. The summed E-state index contributed by atoms with van der Waals surface area (Å²) in [4.78, 5) is 0. The summed E-state index contributed by atoms with van der Waals surface area (Å²) >= 11 is 0. The first-order chi connectivity index (χ1) is 7.16. The van der Waals surface area contributed by atoms with Crippen LogP contribution in [0, 0.1) is 6.92 Å². The Hall–Kier alpha value is -1.38. The lowest BCUT2D eigenvalue weighted by molar-refractivity contribution is 1.47. The van der Waals surface area contributed by atoms with Gasteiger partial charge in [0.15, 0.2) is 0 Å². The van der Waals surface area contributed by atoms with Gasteiger partial charge in [-0.15, -0.1) is 24.8 Å². The topological polar surface area (TPSA) is 52.0 Å². The predicted octanol–water partition coefficient (Wildman–Crippen LogP) is 3.67. The van der Waals surface area contributed by atoms with Crippen LogP contribution in [-0.4, -0.2) is 0 Å². The molecule has 17 heavy (non-hydrogen) atoms. The number of hydrogen-bond acceptors (Lipinski definition) is 2. The number of nitrogens with two attached hydrogens (primary N) is 2. The summed E-state index contributed by atoms with van der Waals surface area (Å²) in [7, 11) is 0. The molecule has 92 valence electrons. The van der Waals surface area contributed by atoms with Crippen LogP contribution in [0.15, 0.2) is 42.5 Å². The van der Waals surface area contributed by atoms with Crippen LogP contribution in [0.5, 0.6) is 0 Å². The number of rotatable bonds is 1. The van der Waals surface area contributed by atoms with Gasteiger partial charge in [-0.25, -0.2) is 0 Å². The molecule has 0 aliphatic rings. The van der Waals surface area contributed by atoms with Gasteiger partial charge < -0.3 is 11.5 Å². The molecule has 4 heteroatoms. The maximum atomic E-state index is 5.92. The summed E-state index contributed by atoms with van der Waals surface area (Å²) < 4.78 is 0. The lowest BCUT2D eigenvalue weighted by atomic mass is 10.0. The Bertz CT molecular complexity index is 499. The largest absolute Gasteiger partial charge is 0.399 e. The first-order valence-electron chi connectivity index (χ1n) is 4.89. The predicted molar refractivity (Wildman–Crippen MR) is 79.9 cm³/mol. The van der Waals surface area contributed by atoms with Gasteiger partial charge in [0.25, 0.3) is 0 Å². The van der Waals surface area contributed by atoms with E-state index in [0.717, 1.165) is 22.5 Å². The van der Waals surface area contributed by atoms with E-state index >= 15 is 0 Å². The number of nitrogen functional groups attached to an aromatic ring is 2. The third kappa shape index (κ3) is 3.55. The van der Waals surface area contributed by atoms with Crippen LogP contribution in [0.4, 0.5) is 11.4 Å². The highest BCUT2D eigenvalue weighted by Crippen LogP contribution is 2.28. The summed E-state index contributed by atoms with van der Waals surface area (Å²) in [6.45, 7) is 2.06. The molecule has 4 N–H and O–H groups in total. The summed E-state index contributed by atoms with van der Waals surface area (Å²) in [5, 5.41) is 0. The monoisotopic (exact) mass is 270 g/mol. The van der Waals surface area contributed by atoms with Crippen molar-refractivity contribution in [2.24, 2.45) is 0 Å². The van der Waals surface area contributed by atoms with Gasteiger partial charge in [0, 0.05) is 16.9 Å². The molecular formula is C13H16Cl2N2. The van der Waals surface area contributed by atoms with Crippen LogP contribution in [0.2, 0.25) is 0 Å². The average molecular weight is 271 g/mol. The zero-order valence-electron chi connectivity index (χ0n) is 9.51. The van der Waals surface area contributed by atoms with Crippen LogP contribution >= 0.6 is 24.8 Å². The van der Waals surface area contributed by atoms with Gasteiger partial charge in [-0.1, -0.05) is 29.8 Å². The molecular weight excluding hydrogens is 255 g/mol. The summed E-state index contributed by atoms with van der Waals surface area (Å²) in [5.41, 5.74) is 16.5. The Morgan fingerprint density at radius 1 is 0.882 bits per heavy atom. The second-order valence-electron chi connectivity index (χ2n) is 3.72. The molecule has 2 nitrogen and oxygen atoms in total. The van der Waals surface area contributed by atoms with Gasteiger partial charge >= 0.3 is 0 Å². The lowest BCUT2D eigenvalue weighted by Crippen LogP contribution is -1.93. The summed E-state index contributed by atoms with van der Waals surface area (Å²) in [5.74, 6) is 0. The van der Waals surface area contributed by atoms with Gasteiger partial charge in [-0.3, -0.25) is 0 Å². The Kier molecular flexibility index (Phi) is 5.86. The van der Waals surface area contributed by atoms with E-state index in [2.05, 4.69) is 19.1 Å². The molecule has 0 amide bonds. The number of aryl methyl sites for hydroxylation is 1. The van der Waals surface area contributed by atoms with Crippen molar-refractivity contribution >= 4 is 36.2 Å². The fourth-order valence-electron chi connectivity index (χ4n) is 1.64. The number of hydrogen-bond donors (Lipinski definition) is 2. The minimum atomic E-state index is 0. The molecule has 0 atom stereocenters. The van der Waals surface area contributed by atoms with Crippen LogP contribution in [0.3, 0.4) is 0 Å². The Morgan fingerprint density at radius 3 is 2.24 bits per heavy atom. The number of halogens is 2. The normalized spacial score (nSPS) is 9.00. The Morgan fingerprint density at radius 2 is 1.59 bits per heavy atom. The van der Waals surface area contributed by atoms with Crippen molar-refractivity contribution < 1.29 is 0 Å². The maximum Gasteiger partial charge on any atom is 0.0395 e. The van der Waals surface area contributed by atoms with E-state index in [0.29, 0.717) is 0 Å². The Balaban J connectivity index is 0.00000128. The highest BCUT2D eigenvalue weighted by atomic mass is 35.5. The third-order valence-electron chi connectivity index (χ3n) is 2.41. The van der Waals surface area contributed by atoms with Crippen molar-refractivity contribution in [3.8, 4) is 11.1 Å². The van der Waals surface area contributed by atoms with E-state index < -0.39 is 0 Å². The second kappa shape index (κ2) is 6.38. The van der Waals surface area contributed by atoms with Gasteiger partial charge in [0.1, 0.15) is 0 Å². The molecule has 0 aromatic heterocycles. The van der Waals surface area contributed by atoms with Crippen LogP contribution < -0.4 is 11.5 Å². The molecule has 0 aliphatic heterocycles. The van der Waals surface area contributed by atoms with Crippen molar-refractivity contribution in [3.63, 3.8) is 0 Å². The molecule has 0 radical (unpaired) electrons. The van der Waals surface area contributed by atoms with Gasteiger partial charge in [-0.2, -0.15) is 0 Å². The number of benzene rings is 2. The van der Waals surface area contributed by atoms with Crippen molar-refractivity contribution in [2.75, 3.05) is 11.5 Å². The van der Waals surface area contributed by atoms with Gasteiger partial charge in [0.2, 0.25) is 0 Å². The molecule has 0 heterocycles. The minimum absolute atomic E-state index is 0. The van der Waals surface area contributed by atoms with Crippen molar-refractivity contribution in [1.29, 1.82) is 0 Å². The van der Waals surface area contributed by atoms with Gasteiger partial charge in [-0.05, 0) is 30.7 Å². The van der Waals surface area contributed by atoms with E-state index in [9.17, 15) is 0 Å². The van der Waals surface area contributed by atoms with E-state index in [1.54, 1.807) is 0 Å². The fraction of sp³-hybridized carbons (Fsp3) is 0.0769. The van der Waals surface area contributed by atoms with E-state index in [-0.39, 0.29) is 24.8 Å². The fourth-order valence-corrected chi connectivity index (χ4v) is 1.64. The molecule has 2 aromatic carbocycles. The lowest BCUT2D eigenvalue weighted by Gasteiger charge is -2.07. The molecule has 0 saturated carbocycles. The first kappa shape index (κ1) is 15.6. The molecule has 0 spiro atoms. The van der Waals surface area contributed by atoms with Gasteiger partial charge in [0.05, 0.1) is 0 Å². The minimum Gasteiger partial charge on any atom is -0.399 e. The van der Waals surface area contributed by atoms with E-state index in [4.69, 9.17) is 11.5 Å². The Labute approximate surface area is 114 Å². The summed E-state index contributed by atoms with van der Waals surface area (Å²) in [6.07, 6.45) is 0. The smallest absolute Gasteiger partial charge is 0.0395 e. The highest BCUT2D eigenvalue weighted by Gasteiger charge is 2.02. The molecule has 0 aliphatic carbocycles.